The minimum absolute atomic E-state index is 0.0990. The average molecular weight is 216 g/mol. The molecule has 0 radical (unpaired) electrons. The van der Waals surface area contributed by atoms with Crippen molar-refractivity contribution in [2.45, 2.75) is 13.8 Å². The van der Waals surface area contributed by atoms with Crippen molar-refractivity contribution in [3.05, 3.63) is 0 Å². The van der Waals surface area contributed by atoms with Crippen molar-refractivity contribution in [1.29, 1.82) is 0 Å². The maximum absolute atomic E-state index is 11.3. The van der Waals surface area contributed by atoms with Gasteiger partial charge in [0.25, 0.3) is 0 Å². The van der Waals surface area contributed by atoms with Crippen molar-refractivity contribution in [3.8, 4) is 0 Å². The number of nitrogens with one attached hydrogen (secondary N) is 1. The number of aliphatic carboxylic acids is 1. The van der Waals surface area contributed by atoms with Crippen molar-refractivity contribution in [2.24, 2.45) is 5.92 Å². The van der Waals surface area contributed by atoms with Crippen LogP contribution in [-0.4, -0.2) is 47.9 Å². The minimum atomic E-state index is -0.950. The van der Waals surface area contributed by atoms with E-state index in [4.69, 9.17) is 5.11 Å². The second kappa shape index (κ2) is 6.00. The summed E-state index contributed by atoms with van der Waals surface area (Å²) in [5.41, 5.74) is 0. The van der Waals surface area contributed by atoms with Gasteiger partial charge in [-0.25, -0.2) is 0 Å². The summed E-state index contributed by atoms with van der Waals surface area (Å²) in [5.74, 6) is -2.16. The van der Waals surface area contributed by atoms with Gasteiger partial charge in [0.1, 0.15) is 0 Å². The van der Waals surface area contributed by atoms with E-state index in [0.717, 1.165) is 0 Å². The molecule has 0 aliphatic carbocycles. The summed E-state index contributed by atoms with van der Waals surface area (Å²) in [6.07, 6.45) is 0. The zero-order valence-electron chi connectivity index (χ0n) is 9.11. The lowest BCUT2D eigenvalue weighted by molar-refractivity contribution is -0.142. The highest BCUT2D eigenvalue weighted by Crippen LogP contribution is 1.98. The van der Waals surface area contributed by atoms with E-state index in [0.29, 0.717) is 0 Å². The Morgan fingerprint density at radius 1 is 1.40 bits per heavy atom. The van der Waals surface area contributed by atoms with Gasteiger partial charge in [0, 0.05) is 20.5 Å². The third-order valence-corrected chi connectivity index (χ3v) is 1.88. The molecule has 0 fully saturated rings. The van der Waals surface area contributed by atoms with Crippen LogP contribution in [0.15, 0.2) is 0 Å². The largest absolute Gasteiger partial charge is 0.481 e. The summed E-state index contributed by atoms with van der Waals surface area (Å²) in [7, 11) is 1.50. The molecule has 2 amide bonds. The smallest absolute Gasteiger partial charge is 0.308 e. The molecule has 0 spiro atoms. The van der Waals surface area contributed by atoms with Gasteiger partial charge in [-0.1, -0.05) is 6.92 Å². The van der Waals surface area contributed by atoms with Gasteiger partial charge in [-0.05, 0) is 0 Å². The van der Waals surface area contributed by atoms with Crippen molar-refractivity contribution in [3.63, 3.8) is 0 Å². The third kappa shape index (κ3) is 5.66. The van der Waals surface area contributed by atoms with E-state index >= 15 is 0 Å². The predicted octanol–water partition coefficient (Wildman–Crippen LogP) is -0.698. The first-order valence-electron chi connectivity index (χ1n) is 4.55. The van der Waals surface area contributed by atoms with Crippen LogP contribution in [0.25, 0.3) is 0 Å². The van der Waals surface area contributed by atoms with Crippen molar-refractivity contribution in [1.82, 2.24) is 10.2 Å². The lowest BCUT2D eigenvalue weighted by atomic mass is 10.2. The van der Waals surface area contributed by atoms with E-state index in [-0.39, 0.29) is 24.9 Å². The summed E-state index contributed by atoms with van der Waals surface area (Å²) in [4.78, 5) is 33.7. The summed E-state index contributed by atoms with van der Waals surface area (Å²) in [6, 6.07) is 0. The molecule has 1 unspecified atom stereocenters. The number of nitrogens with zero attached hydrogens (tertiary/aromatic N) is 1. The molecule has 2 N–H and O–H groups in total. The molecular weight excluding hydrogens is 200 g/mol. The Hall–Kier alpha value is -1.59. The van der Waals surface area contributed by atoms with E-state index in [1.807, 2.05) is 0 Å². The maximum Gasteiger partial charge on any atom is 0.308 e. The van der Waals surface area contributed by atoms with Crippen LogP contribution in [0.4, 0.5) is 0 Å². The number of rotatable bonds is 5. The fourth-order valence-corrected chi connectivity index (χ4v) is 0.926. The normalized spacial score (nSPS) is 11.7. The van der Waals surface area contributed by atoms with Crippen LogP contribution in [0.2, 0.25) is 0 Å². The Bertz CT molecular complexity index is 265. The Morgan fingerprint density at radius 2 is 1.93 bits per heavy atom. The number of amides is 2. The zero-order valence-corrected chi connectivity index (χ0v) is 9.11. The maximum atomic E-state index is 11.3. The lowest BCUT2D eigenvalue weighted by Crippen LogP contribution is -2.40. The number of hydrogen-bond donors (Lipinski definition) is 2. The van der Waals surface area contributed by atoms with Crippen molar-refractivity contribution >= 4 is 17.8 Å². The molecule has 0 aliphatic heterocycles. The van der Waals surface area contributed by atoms with E-state index in [9.17, 15) is 14.4 Å². The van der Waals surface area contributed by atoms with Gasteiger partial charge in [-0.15, -0.1) is 0 Å². The Kier molecular flexibility index (Phi) is 5.36. The molecule has 0 bridgehead atoms. The molecule has 0 aromatic rings. The van der Waals surface area contributed by atoms with Gasteiger partial charge < -0.3 is 15.3 Å². The highest BCUT2D eigenvalue weighted by Gasteiger charge is 2.17. The minimum Gasteiger partial charge on any atom is -0.481 e. The van der Waals surface area contributed by atoms with Gasteiger partial charge >= 0.3 is 5.97 Å². The molecule has 0 saturated heterocycles. The molecule has 6 nitrogen and oxygen atoms in total. The predicted molar refractivity (Wildman–Crippen MR) is 53.1 cm³/mol. The Morgan fingerprint density at radius 3 is 2.33 bits per heavy atom. The van der Waals surface area contributed by atoms with E-state index in [1.54, 1.807) is 0 Å². The van der Waals surface area contributed by atoms with Crippen LogP contribution in [0.5, 0.6) is 0 Å². The van der Waals surface area contributed by atoms with Crippen molar-refractivity contribution in [2.75, 3.05) is 20.1 Å². The number of likely N-dealkylation sites (N-methyl/N-ethyl adjacent to an activating group) is 1. The summed E-state index contributed by atoms with van der Waals surface area (Å²) >= 11 is 0. The Labute approximate surface area is 88.2 Å². The molecular formula is C9H16N2O4. The van der Waals surface area contributed by atoms with Gasteiger partial charge in [0.2, 0.25) is 11.8 Å². The Balaban J connectivity index is 3.99. The quantitative estimate of drug-likeness (QED) is 0.636. The van der Waals surface area contributed by atoms with Crippen LogP contribution in [0, 0.1) is 5.92 Å². The monoisotopic (exact) mass is 216 g/mol. The fourth-order valence-electron chi connectivity index (χ4n) is 0.926. The van der Waals surface area contributed by atoms with E-state index in [1.165, 1.54) is 25.8 Å². The van der Waals surface area contributed by atoms with Crippen LogP contribution in [-0.2, 0) is 14.4 Å². The topological polar surface area (TPSA) is 86.7 Å². The number of carbonyl (C=O) groups is 3. The second-order valence-corrected chi connectivity index (χ2v) is 3.42. The first-order valence-corrected chi connectivity index (χ1v) is 4.55. The SMILES string of the molecule is CC(=O)NCC(=O)N(C)CC(C)C(=O)O. The molecule has 0 aromatic carbocycles. The van der Waals surface area contributed by atoms with Gasteiger partial charge in [0.15, 0.2) is 0 Å². The molecule has 15 heavy (non-hydrogen) atoms. The van der Waals surface area contributed by atoms with Crippen LogP contribution < -0.4 is 5.32 Å². The molecule has 0 aliphatic rings. The standard InChI is InChI=1S/C9H16N2O4/c1-6(9(14)15)5-11(3)8(13)4-10-7(2)12/h6H,4-5H2,1-3H3,(H,10,12)(H,14,15). The molecule has 0 saturated carbocycles. The molecule has 1 atom stereocenters. The molecule has 6 heteroatoms. The van der Waals surface area contributed by atoms with Crippen LogP contribution >= 0.6 is 0 Å². The zero-order chi connectivity index (χ0) is 12.0. The number of hydrogen-bond acceptors (Lipinski definition) is 3. The van der Waals surface area contributed by atoms with Crippen molar-refractivity contribution < 1.29 is 19.5 Å². The second-order valence-electron chi connectivity index (χ2n) is 3.42. The highest BCUT2D eigenvalue weighted by molar-refractivity contribution is 5.83. The third-order valence-electron chi connectivity index (χ3n) is 1.88. The van der Waals surface area contributed by atoms with Gasteiger partial charge in [0.05, 0.1) is 12.5 Å². The van der Waals surface area contributed by atoms with E-state index < -0.39 is 11.9 Å². The lowest BCUT2D eigenvalue weighted by Gasteiger charge is -2.19. The average Bonchev–Trinajstić information content (AvgIpc) is 2.13. The van der Waals surface area contributed by atoms with Crippen LogP contribution in [0.1, 0.15) is 13.8 Å². The number of carbonyl (C=O) groups excluding carboxylic acids is 2. The fraction of sp³-hybridized carbons (Fsp3) is 0.667. The summed E-state index contributed by atoms with van der Waals surface area (Å²) < 4.78 is 0. The molecule has 86 valence electrons. The van der Waals surface area contributed by atoms with Crippen LogP contribution in [0.3, 0.4) is 0 Å². The first-order chi connectivity index (χ1) is 6.84. The molecule has 0 heterocycles. The number of carboxylic acids is 1. The first kappa shape index (κ1) is 13.4. The van der Waals surface area contributed by atoms with Gasteiger partial charge in [-0.3, -0.25) is 14.4 Å². The molecule has 0 rings (SSSR count). The highest BCUT2D eigenvalue weighted by atomic mass is 16.4. The van der Waals surface area contributed by atoms with E-state index in [2.05, 4.69) is 5.32 Å². The summed E-state index contributed by atoms with van der Waals surface area (Å²) in [6.45, 7) is 2.86. The number of carboxylic acid groups (broad SMARTS) is 1. The summed E-state index contributed by atoms with van der Waals surface area (Å²) in [5, 5.41) is 11.0. The van der Waals surface area contributed by atoms with Gasteiger partial charge in [-0.2, -0.15) is 0 Å². The molecule has 0 aromatic heterocycles.